The lowest BCUT2D eigenvalue weighted by Crippen LogP contribution is -1.82. The second-order valence-corrected chi connectivity index (χ2v) is 5.30. The van der Waals surface area contributed by atoms with Crippen molar-refractivity contribution in [3.63, 3.8) is 0 Å². The van der Waals surface area contributed by atoms with Crippen LogP contribution in [0.15, 0.2) is 66.7 Å². The maximum Gasteiger partial charge on any atom is 0.0223 e. The molecule has 0 unspecified atom stereocenters. The van der Waals surface area contributed by atoms with E-state index in [2.05, 4.69) is 60.7 Å². The molecule has 0 aliphatic rings. The monoisotopic (exact) mass is 284 g/mol. The van der Waals surface area contributed by atoms with Gasteiger partial charge >= 0.3 is 0 Å². The fourth-order valence-electron chi connectivity index (χ4n) is 2.16. The second-order valence-electron chi connectivity index (χ2n) is 4.92. The standard InChI is InChI=1S/C19H21Cl/c20-16-8-3-1-2-5-9-17-12-14-19(15-13-17)18-10-6-4-7-11-18/h2,4-7,10-15H,1,3,8-9,16H2. The Bertz CT molecular complexity index is 511. The van der Waals surface area contributed by atoms with Gasteiger partial charge in [0, 0.05) is 5.88 Å². The average Bonchev–Trinajstić information content (AvgIpc) is 2.52. The van der Waals surface area contributed by atoms with E-state index in [1.54, 1.807) is 0 Å². The van der Waals surface area contributed by atoms with Crippen LogP contribution >= 0.6 is 11.6 Å². The summed E-state index contributed by atoms with van der Waals surface area (Å²) in [5.41, 5.74) is 3.91. The smallest absolute Gasteiger partial charge is 0.0223 e. The summed E-state index contributed by atoms with van der Waals surface area (Å²) in [5.74, 6) is 0.773. The summed E-state index contributed by atoms with van der Waals surface area (Å²) in [4.78, 5) is 0. The zero-order chi connectivity index (χ0) is 14.0. The van der Waals surface area contributed by atoms with E-state index in [4.69, 9.17) is 11.6 Å². The quantitative estimate of drug-likeness (QED) is 0.339. The van der Waals surface area contributed by atoms with Crippen molar-refractivity contribution in [2.24, 2.45) is 0 Å². The minimum atomic E-state index is 0.773. The Hall–Kier alpha value is -1.53. The van der Waals surface area contributed by atoms with E-state index in [0.29, 0.717) is 0 Å². The lowest BCUT2D eigenvalue weighted by molar-refractivity contribution is 0.818. The van der Waals surface area contributed by atoms with Gasteiger partial charge in [-0.3, -0.25) is 0 Å². The van der Waals surface area contributed by atoms with Crippen LogP contribution in [0, 0.1) is 0 Å². The molecule has 0 atom stereocenters. The molecule has 0 bridgehead atoms. The summed E-state index contributed by atoms with van der Waals surface area (Å²) < 4.78 is 0. The van der Waals surface area contributed by atoms with Crippen molar-refractivity contribution >= 4 is 11.6 Å². The minimum absolute atomic E-state index is 0.773. The molecule has 0 fully saturated rings. The van der Waals surface area contributed by atoms with Gasteiger partial charge in [0.05, 0.1) is 0 Å². The summed E-state index contributed by atoms with van der Waals surface area (Å²) in [6, 6.07) is 19.3. The van der Waals surface area contributed by atoms with E-state index >= 15 is 0 Å². The zero-order valence-electron chi connectivity index (χ0n) is 11.8. The van der Waals surface area contributed by atoms with Gasteiger partial charge in [-0.05, 0) is 42.4 Å². The first-order valence-corrected chi connectivity index (χ1v) is 7.79. The first kappa shape index (κ1) is 14.9. The van der Waals surface area contributed by atoms with Crippen LogP contribution in [0.1, 0.15) is 24.8 Å². The third-order valence-electron chi connectivity index (χ3n) is 3.34. The molecule has 2 aromatic rings. The molecule has 0 nitrogen and oxygen atoms in total. The van der Waals surface area contributed by atoms with Gasteiger partial charge in [-0.2, -0.15) is 0 Å². The lowest BCUT2D eigenvalue weighted by atomic mass is 10.0. The molecule has 0 spiro atoms. The van der Waals surface area contributed by atoms with Gasteiger partial charge in [-0.15, -0.1) is 11.6 Å². The molecule has 20 heavy (non-hydrogen) atoms. The molecule has 0 saturated carbocycles. The van der Waals surface area contributed by atoms with Crippen LogP contribution in [0.25, 0.3) is 11.1 Å². The summed E-state index contributed by atoms with van der Waals surface area (Å²) in [6.07, 6.45) is 8.96. The van der Waals surface area contributed by atoms with Gasteiger partial charge in [-0.25, -0.2) is 0 Å². The molecule has 0 aliphatic heterocycles. The molecule has 1 heteroatoms. The largest absolute Gasteiger partial charge is 0.127 e. The van der Waals surface area contributed by atoms with Gasteiger partial charge in [0.15, 0.2) is 0 Å². The Morgan fingerprint density at radius 2 is 1.45 bits per heavy atom. The fourth-order valence-corrected chi connectivity index (χ4v) is 2.35. The predicted octanol–water partition coefficient (Wildman–Crippen LogP) is 5.86. The highest BCUT2D eigenvalue weighted by atomic mass is 35.5. The Morgan fingerprint density at radius 3 is 2.15 bits per heavy atom. The maximum atomic E-state index is 5.65. The van der Waals surface area contributed by atoms with Gasteiger partial charge in [0.2, 0.25) is 0 Å². The van der Waals surface area contributed by atoms with Crippen LogP contribution in [0.5, 0.6) is 0 Å². The van der Waals surface area contributed by atoms with Crippen molar-refractivity contribution in [2.45, 2.75) is 25.7 Å². The van der Waals surface area contributed by atoms with Gasteiger partial charge in [0.1, 0.15) is 0 Å². The molecule has 0 heterocycles. The summed E-state index contributed by atoms with van der Waals surface area (Å²) in [7, 11) is 0. The topological polar surface area (TPSA) is 0 Å². The van der Waals surface area contributed by atoms with Crippen LogP contribution in [-0.4, -0.2) is 5.88 Å². The zero-order valence-corrected chi connectivity index (χ0v) is 12.5. The minimum Gasteiger partial charge on any atom is -0.127 e. The molecule has 0 N–H and O–H groups in total. The first-order valence-electron chi connectivity index (χ1n) is 7.25. The molecule has 104 valence electrons. The van der Waals surface area contributed by atoms with E-state index in [0.717, 1.165) is 25.1 Å². The van der Waals surface area contributed by atoms with Crippen molar-refractivity contribution in [3.05, 3.63) is 72.3 Å². The summed E-state index contributed by atoms with van der Waals surface area (Å²) in [5, 5.41) is 0. The SMILES string of the molecule is ClCCCCC=CCc1ccc(-c2ccccc2)cc1. The summed E-state index contributed by atoms with van der Waals surface area (Å²) in [6.45, 7) is 0. The molecular weight excluding hydrogens is 264 g/mol. The Morgan fingerprint density at radius 1 is 0.750 bits per heavy atom. The maximum absolute atomic E-state index is 5.65. The van der Waals surface area contributed by atoms with E-state index in [1.807, 2.05) is 6.07 Å². The van der Waals surface area contributed by atoms with Crippen LogP contribution < -0.4 is 0 Å². The number of rotatable bonds is 7. The van der Waals surface area contributed by atoms with E-state index in [-0.39, 0.29) is 0 Å². The van der Waals surface area contributed by atoms with Gasteiger partial charge < -0.3 is 0 Å². The lowest BCUT2D eigenvalue weighted by Gasteiger charge is -2.02. The average molecular weight is 285 g/mol. The Kier molecular flexibility index (Phi) is 6.40. The highest BCUT2D eigenvalue weighted by Crippen LogP contribution is 2.19. The predicted molar refractivity (Wildman–Crippen MR) is 89.3 cm³/mol. The number of alkyl halides is 1. The van der Waals surface area contributed by atoms with Crippen LogP contribution in [0.4, 0.5) is 0 Å². The summed E-state index contributed by atoms with van der Waals surface area (Å²) >= 11 is 5.65. The highest BCUT2D eigenvalue weighted by molar-refractivity contribution is 6.17. The first-order chi connectivity index (χ1) is 9.90. The number of allylic oxidation sites excluding steroid dienone is 2. The number of hydrogen-bond donors (Lipinski definition) is 0. The number of halogens is 1. The third-order valence-corrected chi connectivity index (χ3v) is 3.60. The molecule has 0 radical (unpaired) electrons. The fraction of sp³-hybridized carbons (Fsp3) is 0.263. The normalized spacial score (nSPS) is 11.1. The molecule has 0 aliphatic carbocycles. The Labute approximate surface area is 127 Å². The molecule has 0 aromatic heterocycles. The van der Waals surface area contributed by atoms with Crippen LogP contribution in [-0.2, 0) is 6.42 Å². The van der Waals surface area contributed by atoms with Crippen LogP contribution in [0.2, 0.25) is 0 Å². The molecule has 0 saturated heterocycles. The van der Waals surface area contributed by atoms with Crippen molar-refractivity contribution in [1.82, 2.24) is 0 Å². The molecule has 2 rings (SSSR count). The second kappa shape index (κ2) is 8.60. The number of benzene rings is 2. The van der Waals surface area contributed by atoms with E-state index in [1.165, 1.54) is 23.1 Å². The van der Waals surface area contributed by atoms with Gasteiger partial charge in [-0.1, -0.05) is 66.7 Å². The van der Waals surface area contributed by atoms with Crippen LogP contribution in [0.3, 0.4) is 0 Å². The van der Waals surface area contributed by atoms with Crippen molar-refractivity contribution in [1.29, 1.82) is 0 Å². The Balaban J connectivity index is 1.86. The highest BCUT2D eigenvalue weighted by Gasteiger charge is 1.96. The molecule has 0 amide bonds. The van der Waals surface area contributed by atoms with Gasteiger partial charge in [0.25, 0.3) is 0 Å². The van der Waals surface area contributed by atoms with Crippen molar-refractivity contribution in [2.75, 3.05) is 5.88 Å². The number of unbranched alkanes of at least 4 members (excludes halogenated alkanes) is 2. The third kappa shape index (κ3) is 4.86. The van der Waals surface area contributed by atoms with Crippen molar-refractivity contribution in [3.8, 4) is 11.1 Å². The van der Waals surface area contributed by atoms with E-state index in [9.17, 15) is 0 Å². The molecule has 2 aromatic carbocycles. The number of hydrogen-bond acceptors (Lipinski definition) is 0. The van der Waals surface area contributed by atoms with E-state index < -0.39 is 0 Å². The van der Waals surface area contributed by atoms with Crippen molar-refractivity contribution < 1.29 is 0 Å². The molecular formula is C19H21Cl.